The van der Waals surface area contributed by atoms with Gasteiger partial charge in [-0.15, -0.1) is 0 Å². The summed E-state index contributed by atoms with van der Waals surface area (Å²) in [5, 5.41) is 10.5. The van der Waals surface area contributed by atoms with Crippen LogP contribution in [0.4, 0.5) is 14.5 Å². The van der Waals surface area contributed by atoms with Crippen LogP contribution in [0.25, 0.3) is 0 Å². The van der Waals surface area contributed by atoms with Crippen LogP contribution in [-0.4, -0.2) is 28.8 Å². The molecule has 0 saturated heterocycles. The molecule has 0 aromatic heterocycles. The zero-order valence-corrected chi connectivity index (χ0v) is 11.5. The van der Waals surface area contributed by atoms with Crippen LogP contribution in [0.5, 0.6) is 0 Å². The first kappa shape index (κ1) is 16.0. The minimum absolute atomic E-state index is 0.171. The van der Waals surface area contributed by atoms with Gasteiger partial charge in [-0.05, 0) is 18.9 Å². The van der Waals surface area contributed by atoms with Crippen molar-refractivity contribution < 1.29 is 18.5 Å². The van der Waals surface area contributed by atoms with E-state index in [2.05, 4.69) is 0 Å². The van der Waals surface area contributed by atoms with Crippen molar-refractivity contribution in [2.45, 2.75) is 20.8 Å². The number of nitro benzene ring substituents is 1. The highest BCUT2D eigenvalue weighted by Gasteiger charge is 2.24. The van der Waals surface area contributed by atoms with Crippen LogP contribution in [0.3, 0.4) is 0 Å². The van der Waals surface area contributed by atoms with Crippen LogP contribution in [0.1, 0.15) is 31.1 Å². The fraction of sp³-hybridized carbons (Fsp3) is 0.462. The largest absolute Gasteiger partial charge is 0.339 e. The molecule has 1 aromatic carbocycles. The first-order valence-electron chi connectivity index (χ1n) is 6.20. The maximum atomic E-state index is 13.8. The summed E-state index contributed by atoms with van der Waals surface area (Å²) in [6, 6.07) is 1.02. The highest BCUT2D eigenvalue weighted by Crippen LogP contribution is 2.22. The Morgan fingerprint density at radius 1 is 1.35 bits per heavy atom. The van der Waals surface area contributed by atoms with Crippen LogP contribution in [-0.2, 0) is 0 Å². The summed E-state index contributed by atoms with van der Waals surface area (Å²) in [5.74, 6) is -2.82. The SMILES string of the molecule is CCN(CC(C)C)C(=O)c1cc(F)c([N+](=O)[O-])cc1F. The number of nitro groups is 1. The minimum Gasteiger partial charge on any atom is -0.339 e. The zero-order chi connectivity index (χ0) is 15.4. The van der Waals surface area contributed by atoms with Gasteiger partial charge in [0.1, 0.15) is 5.82 Å². The topological polar surface area (TPSA) is 63.5 Å². The van der Waals surface area contributed by atoms with Crippen LogP contribution in [0.15, 0.2) is 12.1 Å². The minimum atomic E-state index is -1.22. The highest BCUT2D eigenvalue weighted by molar-refractivity contribution is 5.94. The smallest absolute Gasteiger partial charge is 0.307 e. The molecule has 1 amide bonds. The summed E-state index contributed by atoms with van der Waals surface area (Å²) in [4.78, 5) is 22.9. The van der Waals surface area contributed by atoms with Crippen LogP contribution in [0, 0.1) is 27.7 Å². The van der Waals surface area contributed by atoms with E-state index < -0.39 is 33.7 Å². The number of carbonyl (C=O) groups is 1. The first-order chi connectivity index (χ1) is 9.27. The standard InChI is InChI=1S/C13H16F2N2O3/c1-4-16(7-8(2)3)13(18)9-5-11(15)12(17(19)20)6-10(9)14/h5-6,8H,4,7H2,1-3H3. The number of nitrogens with zero attached hydrogens (tertiary/aromatic N) is 2. The van der Waals surface area contributed by atoms with E-state index in [1.807, 2.05) is 13.8 Å². The Morgan fingerprint density at radius 2 is 1.95 bits per heavy atom. The molecule has 0 radical (unpaired) electrons. The van der Waals surface area contributed by atoms with Crippen molar-refractivity contribution in [3.05, 3.63) is 39.4 Å². The molecule has 110 valence electrons. The van der Waals surface area contributed by atoms with Gasteiger partial charge in [0.15, 0.2) is 0 Å². The van der Waals surface area contributed by atoms with E-state index in [0.717, 1.165) is 0 Å². The molecule has 0 bridgehead atoms. The molecule has 0 aliphatic carbocycles. The van der Waals surface area contributed by atoms with Gasteiger partial charge in [-0.3, -0.25) is 14.9 Å². The van der Waals surface area contributed by atoms with Gasteiger partial charge in [0, 0.05) is 13.1 Å². The number of carbonyl (C=O) groups excluding carboxylic acids is 1. The molecule has 0 saturated carbocycles. The molecule has 0 atom stereocenters. The second-order valence-corrected chi connectivity index (χ2v) is 4.78. The first-order valence-corrected chi connectivity index (χ1v) is 6.20. The molecule has 0 heterocycles. The molecule has 0 spiro atoms. The molecular formula is C13H16F2N2O3. The van der Waals surface area contributed by atoms with E-state index in [0.29, 0.717) is 25.2 Å². The molecule has 0 fully saturated rings. The summed E-state index contributed by atoms with van der Waals surface area (Å²) in [6.45, 7) is 6.24. The monoisotopic (exact) mass is 286 g/mol. The summed E-state index contributed by atoms with van der Waals surface area (Å²) in [7, 11) is 0. The van der Waals surface area contributed by atoms with E-state index >= 15 is 0 Å². The molecule has 5 nitrogen and oxygen atoms in total. The average Bonchev–Trinajstić information content (AvgIpc) is 2.36. The quantitative estimate of drug-likeness (QED) is 0.617. The van der Waals surface area contributed by atoms with Crippen molar-refractivity contribution in [1.82, 2.24) is 4.90 Å². The Bertz CT molecular complexity index is 533. The molecule has 20 heavy (non-hydrogen) atoms. The number of hydrogen-bond donors (Lipinski definition) is 0. The number of rotatable bonds is 5. The normalized spacial score (nSPS) is 10.7. The number of benzene rings is 1. The molecule has 7 heteroatoms. The van der Waals surface area contributed by atoms with E-state index in [9.17, 15) is 23.7 Å². The Kier molecular flexibility index (Phi) is 5.12. The summed E-state index contributed by atoms with van der Waals surface area (Å²) in [5.41, 5.74) is -1.47. The molecule has 1 rings (SSSR count). The van der Waals surface area contributed by atoms with Crippen LogP contribution < -0.4 is 0 Å². The second kappa shape index (κ2) is 6.40. The predicted octanol–water partition coefficient (Wildman–Crippen LogP) is 2.99. The lowest BCUT2D eigenvalue weighted by atomic mass is 10.1. The van der Waals surface area contributed by atoms with Crippen molar-refractivity contribution in [2.75, 3.05) is 13.1 Å². The third-order valence-electron chi connectivity index (χ3n) is 2.72. The van der Waals surface area contributed by atoms with Gasteiger partial charge >= 0.3 is 5.69 Å². The zero-order valence-electron chi connectivity index (χ0n) is 11.5. The Labute approximate surface area is 115 Å². The van der Waals surface area contributed by atoms with Crippen LogP contribution >= 0.6 is 0 Å². The maximum Gasteiger partial charge on any atom is 0.307 e. The fourth-order valence-corrected chi connectivity index (χ4v) is 1.81. The Balaban J connectivity index is 3.16. The lowest BCUT2D eigenvalue weighted by molar-refractivity contribution is -0.387. The highest BCUT2D eigenvalue weighted by atomic mass is 19.1. The van der Waals surface area contributed by atoms with E-state index in [1.165, 1.54) is 4.90 Å². The Hall–Kier alpha value is -2.05. The van der Waals surface area contributed by atoms with Crippen molar-refractivity contribution in [3.63, 3.8) is 0 Å². The van der Waals surface area contributed by atoms with E-state index in [4.69, 9.17) is 0 Å². The molecular weight excluding hydrogens is 270 g/mol. The van der Waals surface area contributed by atoms with Crippen molar-refractivity contribution >= 4 is 11.6 Å². The van der Waals surface area contributed by atoms with Crippen molar-refractivity contribution in [2.24, 2.45) is 5.92 Å². The van der Waals surface area contributed by atoms with Crippen molar-refractivity contribution in [1.29, 1.82) is 0 Å². The van der Waals surface area contributed by atoms with E-state index in [1.54, 1.807) is 6.92 Å². The fourth-order valence-electron chi connectivity index (χ4n) is 1.81. The number of halogens is 2. The van der Waals surface area contributed by atoms with Gasteiger partial charge in [0.2, 0.25) is 5.82 Å². The van der Waals surface area contributed by atoms with Gasteiger partial charge in [-0.2, -0.15) is 4.39 Å². The van der Waals surface area contributed by atoms with Gasteiger partial charge in [-0.1, -0.05) is 13.8 Å². The summed E-state index contributed by atoms with van der Waals surface area (Å²) < 4.78 is 27.2. The van der Waals surface area contributed by atoms with Gasteiger partial charge < -0.3 is 4.90 Å². The predicted molar refractivity (Wildman–Crippen MR) is 69.4 cm³/mol. The lowest BCUT2D eigenvalue weighted by Crippen LogP contribution is -2.34. The third kappa shape index (κ3) is 3.49. The third-order valence-corrected chi connectivity index (χ3v) is 2.72. The van der Waals surface area contributed by atoms with E-state index in [-0.39, 0.29) is 5.92 Å². The van der Waals surface area contributed by atoms with Gasteiger partial charge in [0.25, 0.3) is 5.91 Å². The summed E-state index contributed by atoms with van der Waals surface area (Å²) >= 11 is 0. The van der Waals surface area contributed by atoms with Gasteiger partial charge in [-0.25, -0.2) is 4.39 Å². The molecule has 0 N–H and O–H groups in total. The second-order valence-electron chi connectivity index (χ2n) is 4.78. The van der Waals surface area contributed by atoms with Crippen LogP contribution in [0.2, 0.25) is 0 Å². The lowest BCUT2D eigenvalue weighted by Gasteiger charge is -2.23. The average molecular weight is 286 g/mol. The van der Waals surface area contributed by atoms with Gasteiger partial charge in [0.05, 0.1) is 16.6 Å². The number of amides is 1. The molecule has 0 unspecified atom stereocenters. The van der Waals surface area contributed by atoms with Crippen molar-refractivity contribution in [3.8, 4) is 0 Å². The number of hydrogen-bond acceptors (Lipinski definition) is 3. The molecule has 1 aromatic rings. The maximum absolute atomic E-state index is 13.8. The Morgan fingerprint density at radius 3 is 2.40 bits per heavy atom. The molecule has 0 aliphatic heterocycles. The summed E-state index contributed by atoms with van der Waals surface area (Å²) in [6.07, 6.45) is 0. The molecule has 0 aliphatic rings.